The van der Waals surface area contributed by atoms with E-state index in [0.717, 1.165) is 9.99 Å². The highest BCUT2D eigenvalue weighted by molar-refractivity contribution is 7.87. The molecule has 5 nitrogen and oxygen atoms in total. The smallest absolute Gasteiger partial charge is 0.360 e. The van der Waals surface area contributed by atoms with Crippen LogP contribution in [0.1, 0.15) is 0 Å². The van der Waals surface area contributed by atoms with Crippen LogP contribution in [-0.4, -0.2) is 26.1 Å². The molecule has 0 radical (unpaired) electrons. The molecule has 0 amide bonds. The number of para-hydroxylation sites is 2. The van der Waals surface area contributed by atoms with Gasteiger partial charge >= 0.3 is 10.3 Å². The number of nitrogens with one attached hydrogen (secondary N) is 1. The van der Waals surface area contributed by atoms with E-state index in [1.807, 2.05) is 0 Å². The summed E-state index contributed by atoms with van der Waals surface area (Å²) in [5.74, 6) is 0. The zero-order valence-corrected chi connectivity index (χ0v) is 8.16. The lowest BCUT2D eigenvalue weighted by Gasteiger charge is -2.28. The van der Waals surface area contributed by atoms with Crippen molar-refractivity contribution in [3.63, 3.8) is 0 Å². The van der Waals surface area contributed by atoms with Crippen LogP contribution in [0.15, 0.2) is 24.3 Å². The Labute approximate surface area is 82.2 Å². The van der Waals surface area contributed by atoms with Crippen molar-refractivity contribution < 1.29 is 13.0 Å². The molecule has 0 unspecified atom stereocenters. The molecule has 1 heterocycles. The van der Waals surface area contributed by atoms with Crippen molar-refractivity contribution in [2.75, 3.05) is 22.7 Å². The van der Waals surface area contributed by atoms with Crippen molar-refractivity contribution in [2.24, 2.45) is 0 Å². The van der Waals surface area contributed by atoms with Crippen LogP contribution in [0, 0.1) is 0 Å². The number of fused-ring (bicyclic) bond motifs is 1. The number of rotatable bonds is 1. The van der Waals surface area contributed by atoms with Crippen molar-refractivity contribution in [1.29, 1.82) is 0 Å². The molecule has 14 heavy (non-hydrogen) atoms. The number of anilines is 2. The predicted octanol–water partition coefficient (Wildman–Crippen LogP) is 0.721. The highest BCUT2D eigenvalue weighted by Crippen LogP contribution is 2.29. The Morgan fingerprint density at radius 1 is 1.36 bits per heavy atom. The molecule has 6 heteroatoms. The summed E-state index contributed by atoms with van der Waals surface area (Å²) < 4.78 is 31.9. The molecule has 0 aromatic heterocycles. The highest BCUT2D eigenvalue weighted by atomic mass is 32.2. The van der Waals surface area contributed by atoms with E-state index in [9.17, 15) is 8.42 Å². The third-order valence-corrected chi connectivity index (χ3v) is 3.02. The Bertz CT molecular complexity index is 444. The largest absolute Gasteiger partial charge is 0.382 e. The van der Waals surface area contributed by atoms with Crippen LogP contribution in [0.25, 0.3) is 0 Å². The average molecular weight is 214 g/mol. The first-order chi connectivity index (χ1) is 6.59. The summed E-state index contributed by atoms with van der Waals surface area (Å²) >= 11 is 0. The SMILES string of the molecule is O=S(=O)(O)N1CCNc2ccccc21. The summed E-state index contributed by atoms with van der Waals surface area (Å²) in [6.07, 6.45) is 0. The molecule has 2 rings (SSSR count). The van der Waals surface area contributed by atoms with Crippen LogP contribution in [0.3, 0.4) is 0 Å². The Morgan fingerprint density at radius 2 is 2.07 bits per heavy atom. The third-order valence-electron chi connectivity index (χ3n) is 2.08. The normalized spacial score (nSPS) is 15.9. The molecule has 1 aliphatic rings. The van der Waals surface area contributed by atoms with Crippen molar-refractivity contribution in [2.45, 2.75) is 0 Å². The van der Waals surface area contributed by atoms with Crippen LogP contribution in [0.2, 0.25) is 0 Å². The molecule has 76 valence electrons. The lowest BCUT2D eigenvalue weighted by atomic mass is 10.2. The molecular weight excluding hydrogens is 204 g/mol. The van der Waals surface area contributed by atoms with Crippen LogP contribution in [-0.2, 0) is 10.3 Å². The standard InChI is InChI=1S/C8H10N2O3S/c11-14(12,13)10-6-5-9-7-3-1-2-4-8(7)10/h1-4,9H,5-6H2,(H,11,12,13). The molecule has 0 spiro atoms. The number of nitrogens with zero attached hydrogens (tertiary/aromatic N) is 1. The zero-order chi connectivity index (χ0) is 10.2. The molecule has 2 N–H and O–H groups in total. The Morgan fingerprint density at radius 3 is 2.79 bits per heavy atom. The number of hydrogen-bond donors (Lipinski definition) is 2. The Balaban J connectivity index is 2.51. The fourth-order valence-corrected chi connectivity index (χ4v) is 2.22. The minimum absolute atomic E-state index is 0.246. The molecule has 0 saturated heterocycles. The first-order valence-corrected chi connectivity index (χ1v) is 5.57. The lowest BCUT2D eigenvalue weighted by Crippen LogP contribution is -2.38. The average Bonchev–Trinajstić information content (AvgIpc) is 2.15. The van der Waals surface area contributed by atoms with Crippen LogP contribution in [0.5, 0.6) is 0 Å². The van der Waals surface area contributed by atoms with Crippen molar-refractivity contribution in [3.05, 3.63) is 24.3 Å². The fourth-order valence-electron chi connectivity index (χ4n) is 1.49. The minimum Gasteiger partial charge on any atom is -0.382 e. The van der Waals surface area contributed by atoms with Gasteiger partial charge in [-0.3, -0.25) is 4.55 Å². The van der Waals surface area contributed by atoms with Gasteiger partial charge < -0.3 is 5.32 Å². The molecule has 0 bridgehead atoms. The van der Waals surface area contributed by atoms with E-state index in [0.29, 0.717) is 12.2 Å². The van der Waals surface area contributed by atoms with Crippen LogP contribution < -0.4 is 9.62 Å². The summed E-state index contributed by atoms with van der Waals surface area (Å²) in [6, 6.07) is 6.95. The first kappa shape index (κ1) is 9.29. The summed E-state index contributed by atoms with van der Waals surface area (Å²) in [6.45, 7) is 0.743. The summed E-state index contributed by atoms with van der Waals surface area (Å²) in [7, 11) is -4.15. The van der Waals surface area contributed by atoms with Gasteiger partial charge in [0.25, 0.3) is 0 Å². The van der Waals surface area contributed by atoms with Gasteiger partial charge in [-0.1, -0.05) is 12.1 Å². The van der Waals surface area contributed by atoms with Crippen molar-refractivity contribution in [3.8, 4) is 0 Å². The number of benzene rings is 1. The van der Waals surface area contributed by atoms with Gasteiger partial charge in [0.2, 0.25) is 0 Å². The molecule has 0 atom stereocenters. The second-order valence-electron chi connectivity index (χ2n) is 2.99. The molecule has 0 aliphatic carbocycles. The van der Waals surface area contributed by atoms with E-state index in [1.165, 1.54) is 0 Å². The zero-order valence-electron chi connectivity index (χ0n) is 7.34. The minimum atomic E-state index is -4.15. The summed E-state index contributed by atoms with van der Waals surface area (Å²) in [5.41, 5.74) is 1.21. The van der Waals surface area contributed by atoms with Crippen molar-refractivity contribution >= 4 is 21.7 Å². The van der Waals surface area contributed by atoms with E-state index in [2.05, 4.69) is 5.32 Å². The Kier molecular flexibility index (Phi) is 2.09. The van der Waals surface area contributed by atoms with Gasteiger partial charge in [0.05, 0.1) is 17.9 Å². The quantitative estimate of drug-likeness (QED) is 0.676. The lowest BCUT2D eigenvalue weighted by molar-refractivity contribution is 0.478. The van der Waals surface area contributed by atoms with Gasteiger partial charge in [-0.25, -0.2) is 4.31 Å². The molecular formula is C8H10N2O3S. The van der Waals surface area contributed by atoms with Gasteiger partial charge in [0.15, 0.2) is 0 Å². The second-order valence-corrected chi connectivity index (χ2v) is 4.33. The van der Waals surface area contributed by atoms with E-state index in [-0.39, 0.29) is 6.54 Å². The number of hydrogen-bond acceptors (Lipinski definition) is 3. The maximum absolute atomic E-state index is 11.0. The second kappa shape index (κ2) is 3.14. The van der Waals surface area contributed by atoms with Crippen LogP contribution >= 0.6 is 0 Å². The van der Waals surface area contributed by atoms with Crippen molar-refractivity contribution in [1.82, 2.24) is 0 Å². The van der Waals surface area contributed by atoms with Gasteiger partial charge in [0, 0.05) is 6.54 Å². The van der Waals surface area contributed by atoms with Gasteiger partial charge in [-0.2, -0.15) is 8.42 Å². The third kappa shape index (κ3) is 1.53. The highest BCUT2D eigenvalue weighted by Gasteiger charge is 2.24. The maximum Gasteiger partial charge on any atom is 0.360 e. The fraction of sp³-hybridized carbons (Fsp3) is 0.250. The molecule has 1 aliphatic heterocycles. The van der Waals surface area contributed by atoms with Gasteiger partial charge in [-0.05, 0) is 12.1 Å². The van der Waals surface area contributed by atoms with E-state index in [4.69, 9.17) is 4.55 Å². The molecule has 1 aromatic rings. The predicted molar refractivity (Wildman–Crippen MR) is 53.8 cm³/mol. The van der Waals surface area contributed by atoms with E-state index in [1.54, 1.807) is 24.3 Å². The molecule has 0 fully saturated rings. The van der Waals surface area contributed by atoms with E-state index >= 15 is 0 Å². The summed E-state index contributed by atoms with van der Waals surface area (Å²) in [4.78, 5) is 0. The Hall–Kier alpha value is -1.27. The monoisotopic (exact) mass is 214 g/mol. The first-order valence-electron chi connectivity index (χ1n) is 4.17. The maximum atomic E-state index is 11.0. The molecule has 1 aromatic carbocycles. The van der Waals surface area contributed by atoms with E-state index < -0.39 is 10.3 Å². The van der Waals surface area contributed by atoms with Gasteiger partial charge in [-0.15, -0.1) is 0 Å². The topological polar surface area (TPSA) is 69.6 Å². The summed E-state index contributed by atoms with van der Waals surface area (Å²) in [5, 5.41) is 3.05. The van der Waals surface area contributed by atoms with Crippen LogP contribution in [0.4, 0.5) is 11.4 Å². The molecule has 0 saturated carbocycles. The van der Waals surface area contributed by atoms with Gasteiger partial charge in [0.1, 0.15) is 0 Å².